The van der Waals surface area contributed by atoms with Crippen molar-refractivity contribution in [1.82, 2.24) is 5.32 Å². The van der Waals surface area contributed by atoms with E-state index in [0.717, 1.165) is 96.3 Å². The van der Waals surface area contributed by atoms with Crippen LogP contribution in [-0.4, -0.2) is 140 Å². The SMILES string of the molecule is CC/C=C\C/C=C\C/C=C\C/C=C\C/C=C\C/C=C\C/C=C\C/C=C\CCCCCCCCCCCCC(=O)NC(COC1OC(CO)C(OC2OC(CO)C(O)C(O)C2O)C(O)C1O)C(O)CCCCC. The van der Waals surface area contributed by atoms with Crippen molar-refractivity contribution in [1.29, 1.82) is 0 Å². The molecule has 12 atom stereocenters. The maximum absolute atomic E-state index is 13.0. The molecule has 0 radical (unpaired) electrons. The van der Waals surface area contributed by atoms with Gasteiger partial charge in [-0.25, -0.2) is 0 Å². The van der Waals surface area contributed by atoms with Crippen molar-refractivity contribution >= 4 is 5.91 Å². The molecule has 412 valence electrons. The van der Waals surface area contributed by atoms with Gasteiger partial charge in [-0.1, -0.05) is 182 Å². The fourth-order valence-electron chi connectivity index (χ4n) is 8.37. The molecule has 0 aliphatic carbocycles. The number of hydrogen-bond acceptors (Lipinski definition) is 13. The average molecular weight is 1020 g/mol. The molecular weight excluding hydrogens is 919 g/mol. The van der Waals surface area contributed by atoms with Crippen LogP contribution >= 0.6 is 0 Å². The van der Waals surface area contributed by atoms with E-state index >= 15 is 0 Å². The Labute approximate surface area is 433 Å². The lowest BCUT2D eigenvalue weighted by Crippen LogP contribution is -2.65. The number of aliphatic hydroxyl groups excluding tert-OH is 8. The lowest BCUT2D eigenvalue weighted by atomic mass is 9.97. The summed E-state index contributed by atoms with van der Waals surface area (Å²) >= 11 is 0. The minimum atomic E-state index is -1.78. The zero-order chi connectivity index (χ0) is 52.4. The second kappa shape index (κ2) is 43.2. The maximum Gasteiger partial charge on any atom is 0.220 e. The van der Waals surface area contributed by atoms with Gasteiger partial charge >= 0.3 is 0 Å². The summed E-state index contributed by atoms with van der Waals surface area (Å²) in [5.41, 5.74) is 0. The highest BCUT2D eigenvalue weighted by atomic mass is 16.7. The van der Waals surface area contributed by atoms with Crippen LogP contribution < -0.4 is 5.32 Å². The van der Waals surface area contributed by atoms with Crippen LogP contribution in [0.4, 0.5) is 0 Å². The molecule has 2 heterocycles. The summed E-state index contributed by atoms with van der Waals surface area (Å²) in [5, 5.41) is 86.1. The van der Waals surface area contributed by atoms with Crippen molar-refractivity contribution in [2.24, 2.45) is 0 Å². The molecule has 2 aliphatic heterocycles. The molecular formula is C58H97NO13. The van der Waals surface area contributed by atoms with E-state index in [1.54, 1.807) is 0 Å². The molecule has 0 aromatic heterocycles. The van der Waals surface area contributed by atoms with Crippen molar-refractivity contribution < 1.29 is 64.6 Å². The third-order valence-electron chi connectivity index (χ3n) is 12.8. The van der Waals surface area contributed by atoms with Gasteiger partial charge in [0, 0.05) is 6.42 Å². The fourth-order valence-corrected chi connectivity index (χ4v) is 8.37. The first kappa shape index (κ1) is 65.0. The summed E-state index contributed by atoms with van der Waals surface area (Å²) in [6, 6.07) is -0.832. The Bertz CT molecular complexity index is 1570. The van der Waals surface area contributed by atoms with Gasteiger partial charge in [0.25, 0.3) is 0 Å². The first-order valence-corrected chi connectivity index (χ1v) is 27.5. The van der Waals surface area contributed by atoms with E-state index in [-0.39, 0.29) is 18.9 Å². The van der Waals surface area contributed by atoms with Gasteiger partial charge in [0.2, 0.25) is 5.91 Å². The molecule has 12 unspecified atom stereocenters. The van der Waals surface area contributed by atoms with Crippen molar-refractivity contribution in [3.63, 3.8) is 0 Å². The molecule has 0 bridgehead atoms. The summed E-state index contributed by atoms with van der Waals surface area (Å²) in [5.74, 6) is -0.229. The lowest BCUT2D eigenvalue weighted by Gasteiger charge is -2.46. The number of amides is 1. The van der Waals surface area contributed by atoms with Gasteiger partial charge in [-0.3, -0.25) is 4.79 Å². The molecule has 14 heteroatoms. The van der Waals surface area contributed by atoms with Crippen LogP contribution in [0.15, 0.2) is 97.2 Å². The quantitative estimate of drug-likeness (QED) is 0.0208. The maximum atomic E-state index is 13.0. The van der Waals surface area contributed by atoms with Crippen molar-refractivity contribution in [3.8, 4) is 0 Å². The van der Waals surface area contributed by atoms with E-state index in [0.29, 0.717) is 12.8 Å². The molecule has 1 amide bonds. The second-order valence-corrected chi connectivity index (χ2v) is 19.0. The molecule has 2 fully saturated rings. The number of carbonyl (C=O) groups is 1. The molecule has 2 saturated heterocycles. The van der Waals surface area contributed by atoms with Crippen LogP contribution in [0.5, 0.6) is 0 Å². The zero-order valence-electron chi connectivity index (χ0n) is 43.9. The summed E-state index contributed by atoms with van der Waals surface area (Å²) in [6.45, 7) is 2.53. The standard InChI is InChI=1S/C58H97NO13/c1-3-5-7-8-9-10-11-12-13-14-15-16-17-18-19-20-21-22-23-24-25-26-27-28-29-30-31-32-33-34-35-36-37-38-40-42-50(63)59-46(47(62)41-39-6-4-2)45-69-57-55(68)53(66)56(49(44-61)71-57)72-58-54(67)52(65)51(64)48(43-60)70-58/h5,7,9-10,12-13,15-16,18-19,21-22,24-25,27-28,46-49,51-58,60-62,64-68H,3-4,6,8,11,14,17,20,23,26,29-45H2,1-2H3,(H,59,63)/b7-5-,10-9-,13-12-,16-15-,19-18-,22-21-,25-24-,28-27-. The number of nitrogens with one attached hydrogen (secondary N) is 1. The molecule has 14 nitrogen and oxygen atoms in total. The molecule has 9 N–H and O–H groups in total. The zero-order valence-corrected chi connectivity index (χ0v) is 43.9. The fraction of sp³-hybridized carbons (Fsp3) is 0.707. The number of carbonyl (C=O) groups excluding carboxylic acids is 1. The smallest absolute Gasteiger partial charge is 0.220 e. The predicted octanol–water partition coefficient (Wildman–Crippen LogP) is 8.32. The Balaban J connectivity index is 1.54. The molecule has 2 aliphatic rings. The number of allylic oxidation sites excluding steroid dienone is 16. The number of hydrogen-bond donors (Lipinski definition) is 9. The Morgan fingerprint density at radius 2 is 0.958 bits per heavy atom. The van der Waals surface area contributed by atoms with Gasteiger partial charge in [-0.05, 0) is 77.0 Å². The minimum absolute atomic E-state index is 0.229. The molecule has 72 heavy (non-hydrogen) atoms. The minimum Gasteiger partial charge on any atom is -0.394 e. The Morgan fingerprint density at radius 3 is 1.44 bits per heavy atom. The van der Waals surface area contributed by atoms with Crippen molar-refractivity contribution in [3.05, 3.63) is 97.2 Å². The summed E-state index contributed by atoms with van der Waals surface area (Å²) in [7, 11) is 0. The van der Waals surface area contributed by atoms with Gasteiger partial charge in [0.15, 0.2) is 12.6 Å². The summed E-state index contributed by atoms with van der Waals surface area (Å²) in [4.78, 5) is 13.0. The number of rotatable bonds is 41. The topological polar surface area (TPSA) is 228 Å². The number of unbranched alkanes of at least 4 members (excludes halogenated alkanes) is 12. The monoisotopic (exact) mass is 1020 g/mol. The van der Waals surface area contributed by atoms with Crippen LogP contribution in [0.2, 0.25) is 0 Å². The highest BCUT2D eigenvalue weighted by molar-refractivity contribution is 5.76. The first-order valence-electron chi connectivity index (χ1n) is 27.5. The van der Waals surface area contributed by atoms with Gasteiger partial charge < -0.3 is 65.1 Å². The van der Waals surface area contributed by atoms with Crippen LogP contribution in [0.3, 0.4) is 0 Å². The molecule has 0 saturated carbocycles. The van der Waals surface area contributed by atoms with Gasteiger partial charge in [-0.2, -0.15) is 0 Å². The average Bonchev–Trinajstić information content (AvgIpc) is 3.38. The predicted molar refractivity (Wildman–Crippen MR) is 286 cm³/mol. The van der Waals surface area contributed by atoms with E-state index in [9.17, 15) is 45.6 Å². The highest BCUT2D eigenvalue weighted by Gasteiger charge is 2.51. The molecule has 0 aromatic rings. The Kier molecular flexibility index (Phi) is 39.0. The van der Waals surface area contributed by atoms with E-state index in [2.05, 4.69) is 109 Å². The third-order valence-corrected chi connectivity index (χ3v) is 12.8. The van der Waals surface area contributed by atoms with E-state index in [1.807, 2.05) is 6.92 Å². The first-order chi connectivity index (χ1) is 35.1. The van der Waals surface area contributed by atoms with Crippen molar-refractivity contribution in [2.75, 3.05) is 19.8 Å². The lowest BCUT2D eigenvalue weighted by molar-refractivity contribution is -0.359. The van der Waals surface area contributed by atoms with Crippen LogP contribution in [0, 0.1) is 0 Å². The van der Waals surface area contributed by atoms with Gasteiger partial charge in [0.05, 0.1) is 32.0 Å². The number of ether oxygens (including phenoxy) is 4. The summed E-state index contributed by atoms with van der Waals surface area (Å²) in [6.07, 6.45) is 42.5. The van der Waals surface area contributed by atoms with E-state index in [4.69, 9.17) is 18.9 Å². The normalized spacial score (nSPS) is 26.4. The molecule has 0 aromatic carbocycles. The van der Waals surface area contributed by atoms with Gasteiger partial charge in [-0.15, -0.1) is 0 Å². The van der Waals surface area contributed by atoms with Crippen LogP contribution in [0.1, 0.15) is 168 Å². The molecule has 2 rings (SSSR count). The summed E-state index contributed by atoms with van der Waals surface area (Å²) < 4.78 is 22.5. The highest BCUT2D eigenvalue weighted by Crippen LogP contribution is 2.30. The van der Waals surface area contributed by atoms with E-state index in [1.165, 1.54) is 38.5 Å². The van der Waals surface area contributed by atoms with E-state index < -0.39 is 86.8 Å². The Hall–Kier alpha value is -3.09. The Morgan fingerprint density at radius 1 is 0.514 bits per heavy atom. The third kappa shape index (κ3) is 29.1. The second-order valence-electron chi connectivity index (χ2n) is 19.0. The molecule has 0 spiro atoms. The number of aliphatic hydroxyl groups is 8. The van der Waals surface area contributed by atoms with Crippen molar-refractivity contribution in [2.45, 2.75) is 242 Å². The largest absolute Gasteiger partial charge is 0.394 e. The van der Waals surface area contributed by atoms with Crippen LogP contribution in [-0.2, 0) is 23.7 Å². The van der Waals surface area contributed by atoms with Crippen LogP contribution in [0.25, 0.3) is 0 Å². The van der Waals surface area contributed by atoms with Gasteiger partial charge in [0.1, 0.15) is 48.8 Å².